The van der Waals surface area contributed by atoms with Gasteiger partial charge in [-0.25, -0.2) is 0 Å². The van der Waals surface area contributed by atoms with Gasteiger partial charge < -0.3 is 5.11 Å². The summed E-state index contributed by atoms with van der Waals surface area (Å²) in [6.45, 7) is 6.59. The topological polar surface area (TPSA) is 20.2 Å². The van der Waals surface area contributed by atoms with Crippen LogP contribution in [0.1, 0.15) is 38.3 Å². The minimum absolute atomic E-state index is 0.208. The van der Waals surface area contributed by atoms with E-state index in [1.165, 1.54) is 5.56 Å². The lowest BCUT2D eigenvalue weighted by Crippen LogP contribution is -2.36. The maximum absolute atomic E-state index is 11.5. The molecule has 0 radical (unpaired) electrons. The highest BCUT2D eigenvalue weighted by Crippen LogP contribution is 2.36. The summed E-state index contributed by atoms with van der Waals surface area (Å²) in [5.41, 5.74) is 1.38. The first-order valence-corrected chi connectivity index (χ1v) is 7.84. The van der Waals surface area contributed by atoms with Crippen LogP contribution in [0.25, 0.3) is 0 Å². The Labute approximate surface area is 128 Å². The van der Waals surface area contributed by atoms with Crippen molar-refractivity contribution in [2.75, 3.05) is 0 Å². The Kier molecular flexibility index (Phi) is 5.19. The van der Waals surface area contributed by atoms with Crippen molar-refractivity contribution in [2.45, 2.75) is 39.2 Å². The molecule has 2 aromatic carbocycles. The normalized spacial score (nSPS) is 15.7. The molecule has 0 bridgehead atoms. The van der Waals surface area contributed by atoms with Gasteiger partial charge in [-0.1, -0.05) is 81.4 Å². The standard InChI is InChI=1S/C20H26O/c1-16(2)14-17(3)20(21,19-12-8-5-9-13-19)15-18-10-6-4-7-11-18/h4-13,16-17,21H,14-15H2,1-3H3/t17-,20-/m1/s1. The molecule has 0 amide bonds. The highest BCUT2D eigenvalue weighted by Gasteiger charge is 2.35. The molecule has 2 atom stereocenters. The van der Waals surface area contributed by atoms with Crippen molar-refractivity contribution < 1.29 is 5.11 Å². The molecule has 0 saturated carbocycles. The zero-order chi connectivity index (χ0) is 15.3. The van der Waals surface area contributed by atoms with Gasteiger partial charge in [-0.15, -0.1) is 0 Å². The molecule has 2 aromatic rings. The quantitative estimate of drug-likeness (QED) is 0.807. The second-order valence-electron chi connectivity index (χ2n) is 6.48. The Morgan fingerprint density at radius 1 is 0.857 bits per heavy atom. The van der Waals surface area contributed by atoms with E-state index >= 15 is 0 Å². The monoisotopic (exact) mass is 282 g/mol. The average molecular weight is 282 g/mol. The van der Waals surface area contributed by atoms with E-state index in [2.05, 4.69) is 32.9 Å². The van der Waals surface area contributed by atoms with Crippen molar-refractivity contribution in [1.82, 2.24) is 0 Å². The second-order valence-corrected chi connectivity index (χ2v) is 6.48. The molecular formula is C20H26O. The van der Waals surface area contributed by atoms with Gasteiger partial charge in [0, 0.05) is 6.42 Å². The van der Waals surface area contributed by atoms with Gasteiger partial charge in [0.25, 0.3) is 0 Å². The molecule has 0 aliphatic heterocycles. The molecule has 0 spiro atoms. The summed E-state index contributed by atoms with van der Waals surface area (Å²) in [5.74, 6) is 0.783. The fourth-order valence-electron chi connectivity index (χ4n) is 3.10. The molecule has 21 heavy (non-hydrogen) atoms. The van der Waals surface area contributed by atoms with Crippen molar-refractivity contribution >= 4 is 0 Å². The average Bonchev–Trinajstić information content (AvgIpc) is 2.48. The number of aliphatic hydroxyl groups is 1. The van der Waals surface area contributed by atoms with Crippen LogP contribution in [-0.4, -0.2) is 5.11 Å². The van der Waals surface area contributed by atoms with Crippen molar-refractivity contribution in [3.63, 3.8) is 0 Å². The van der Waals surface area contributed by atoms with E-state index in [1.54, 1.807) is 0 Å². The van der Waals surface area contributed by atoms with E-state index in [0.717, 1.165) is 12.0 Å². The van der Waals surface area contributed by atoms with Crippen LogP contribution in [0.5, 0.6) is 0 Å². The zero-order valence-corrected chi connectivity index (χ0v) is 13.3. The van der Waals surface area contributed by atoms with Gasteiger partial charge in [0.05, 0.1) is 5.60 Å². The maximum atomic E-state index is 11.5. The van der Waals surface area contributed by atoms with Crippen LogP contribution in [-0.2, 0) is 12.0 Å². The van der Waals surface area contributed by atoms with Gasteiger partial charge in [-0.2, -0.15) is 0 Å². The SMILES string of the molecule is CC(C)C[C@@H](C)[C@](O)(Cc1ccccc1)c1ccccc1. The third-order valence-electron chi connectivity index (χ3n) is 4.23. The Bertz CT molecular complexity index is 532. The molecule has 0 unspecified atom stereocenters. The Hall–Kier alpha value is -1.60. The van der Waals surface area contributed by atoms with Crippen LogP contribution in [0, 0.1) is 11.8 Å². The van der Waals surface area contributed by atoms with Gasteiger partial charge in [-0.3, -0.25) is 0 Å². The van der Waals surface area contributed by atoms with Gasteiger partial charge in [0.2, 0.25) is 0 Å². The summed E-state index contributed by atoms with van der Waals surface area (Å²) in [7, 11) is 0. The largest absolute Gasteiger partial charge is 0.385 e. The smallest absolute Gasteiger partial charge is 0.0962 e. The van der Waals surface area contributed by atoms with E-state index in [4.69, 9.17) is 0 Å². The highest BCUT2D eigenvalue weighted by molar-refractivity contribution is 5.27. The second kappa shape index (κ2) is 6.91. The maximum Gasteiger partial charge on any atom is 0.0962 e. The molecule has 0 aromatic heterocycles. The summed E-state index contributed by atoms with van der Waals surface area (Å²) in [4.78, 5) is 0. The summed E-state index contributed by atoms with van der Waals surface area (Å²) in [6, 6.07) is 20.4. The Balaban J connectivity index is 2.34. The highest BCUT2D eigenvalue weighted by atomic mass is 16.3. The molecule has 1 nitrogen and oxygen atoms in total. The summed E-state index contributed by atoms with van der Waals surface area (Å²) in [6.07, 6.45) is 1.67. The molecule has 0 aliphatic rings. The van der Waals surface area contributed by atoms with E-state index in [9.17, 15) is 5.11 Å². The van der Waals surface area contributed by atoms with Crippen molar-refractivity contribution in [3.8, 4) is 0 Å². The Morgan fingerprint density at radius 3 is 1.90 bits per heavy atom. The molecule has 1 N–H and O–H groups in total. The molecule has 0 aliphatic carbocycles. The fraction of sp³-hybridized carbons (Fsp3) is 0.400. The Morgan fingerprint density at radius 2 is 1.38 bits per heavy atom. The van der Waals surface area contributed by atoms with Crippen molar-refractivity contribution in [2.24, 2.45) is 11.8 Å². The predicted octanol–water partition coefficient (Wildman–Crippen LogP) is 4.80. The summed E-state index contributed by atoms with van der Waals surface area (Å²) >= 11 is 0. The van der Waals surface area contributed by atoms with Crippen LogP contribution < -0.4 is 0 Å². The van der Waals surface area contributed by atoms with Crippen LogP contribution in [0.3, 0.4) is 0 Å². The first kappa shape index (κ1) is 15.8. The van der Waals surface area contributed by atoms with Crippen LogP contribution in [0.4, 0.5) is 0 Å². The number of benzene rings is 2. The van der Waals surface area contributed by atoms with Crippen LogP contribution in [0.15, 0.2) is 60.7 Å². The number of rotatable bonds is 6. The number of hydrogen-bond acceptors (Lipinski definition) is 1. The van der Waals surface area contributed by atoms with Crippen molar-refractivity contribution in [3.05, 3.63) is 71.8 Å². The van der Waals surface area contributed by atoms with Gasteiger partial charge in [0.1, 0.15) is 0 Å². The minimum atomic E-state index is -0.813. The van der Waals surface area contributed by atoms with E-state index < -0.39 is 5.60 Å². The van der Waals surface area contributed by atoms with Crippen molar-refractivity contribution in [1.29, 1.82) is 0 Å². The van der Waals surface area contributed by atoms with Crippen LogP contribution >= 0.6 is 0 Å². The van der Waals surface area contributed by atoms with Gasteiger partial charge >= 0.3 is 0 Å². The first-order chi connectivity index (χ1) is 10.0. The molecule has 1 heteroatoms. The summed E-state index contributed by atoms with van der Waals surface area (Å²) in [5, 5.41) is 11.5. The van der Waals surface area contributed by atoms with Gasteiger partial charge in [0.15, 0.2) is 0 Å². The molecule has 2 rings (SSSR count). The first-order valence-electron chi connectivity index (χ1n) is 7.84. The predicted molar refractivity (Wildman–Crippen MR) is 89.1 cm³/mol. The zero-order valence-electron chi connectivity index (χ0n) is 13.3. The molecule has 0 saturated heterocycles. The summed E-state index contributed by atoms with van der Waals surface area (Å²) < 4.78 is 0. The molecular weight excluding hydrogens is 256 g/mol. The lowest BCUT2D eigenvalue weighted by atomic mass is 9.75. The van der Waals surface area contributed by atoms with E-state index in [1.807, 2.05) is 48.5 Å². The third kappa shape index (κ3) is 3.95. The number of hydrogen-bond donors (Lipinski definition) is 1. The third-order valence-corrected chi connectivity index (χ3v) is 4.23. The van der Waals surface area contributed by atoms with E-state index in [0.29, 0.717) is 12.3 Å². The molecule has 112 valence electrons. The molecule has 0 heterocycles. The fourth-order valence-corrected chi connectivity index (χ4v) is 3.10. The lowest BCUT2D eigenvalue weighted by molar-refractivity contribution is -0.0247. The lowest BCUT2D eigenvalue weighted by Gasteiger charge is -2.36. The van der Waals surface area contributed by atoms with Crippen LogP contribution in [0.2, 0.25) is 0 Å². The van der Waals surface area contributed by atoms with Gasteiger partial charge in [-0.05, 0) is 29.4 Å². The minimum Gasteiger partial charge on any atom is -0.385 e. The van der Waals surface area contributed by atoms with E-state index in [-0.39, 0.29) is 5.92 Å². The molecule has 0 fully saturated rings.